The van der Waals surface area contributed by atoms with E-state index in [9.17, 15) is 9.90 Å². The lowest BCUT2D eigenvalue weighted by Crippen LogP contribution is -2.35. The van der Waals surface area contributed by atoms with Gasteiger partial charge in [0, 0.05) is 12.3 Å². The number of carbonyl (C=O) groups is 1. The molecule has 0 aromatic heterocycles. The summed E-state index contributed by atoms with van der Waals surface area (Å²) in [6.45, 7) is -0.512. The van der Waals surface area contributed by atoms with E-state index >= 15 is 0 Å². The van der Waals surface area contributed by atoms with E-state index in [0.717, 1.165) is 0 Å². The van der Waals surface area contributed by atoms with Crippen LogP contribution in [0.5, 0.6) is 0 Å². The molecular weight excluding hydrogens is 164 g/mol. The molecule has 4 N–H and O–H groups in total. The first-order chi connectivity index (χ1) is 5.57. The second-order valence-corrected chi connectivity index (χ2v) is 3.02. The van der Waals surface area contributed by atoms with Crippen LogP contribution in [0.4, 0.5) is 0 Å². The van der Waals surface area contributed by atoms with Crippen LogP contribution in [0.15, 0.2) is 0 Å². The molecular formula is C7H12O5. The zero-order valence-corrected chi connectivity index (χ0v) is 6.42. The fourth-order valence-electron chi connectivity index (χ4n) is 1.40. The fourth-order valence-corrected chi connectivity index (χ4v) is 1.40. The maximum Gasteiger partial charge on any atom is 0.164 e. The van der Waals surface area contributed by atoms with Crippen LogP contribution >= 0.6 is 0 Å². The summed E-state index contributed by atoms with van der Waals surface area (Å²) in [6, 6.07) is 0. The molecule has 0 spiro atoms. The van der Waals surface area contributed by atoms with Crippen LogP contribution in [0.3, 0.4) is 0 Å². The number of carbonyl (C=O) groups excluding carboxylic acids is 1. The van der Waals surface area contributed by atoms with Crippen molar-refractivity contribution in [1.82, 2.24) is 0 Å². The lowest BCUT2D eigenvalue weighted by atomic mass is 9.99. The van der Waals surface area contributed by atoms with Crippen molar-refractivity contribution in [3.63, 3.8) is 0 Å². The smallest absolute Gasteiger partial charge is 0.164 e. The minimum atomic E-state index is -1.41. The molecule has 1 aliphatic carbocycles. The first-order valence-electron chi connectivity index (χ1n) is 3.75. The summed E-state index contributed by atoms with van der Waals surface area (Å²) in [4.78, 5) is 10.8. The van der Waals surface area contributed by atoms with Gasteiger partial charge in [0.05, 0.1) is 18.8 Å². The van der Waals surface area contributed by atoms with Gasteiger partial charge in [-0.2, -0.15) is 0 Å². The largest absolute Gasteiger partial charge is 0.394 e. The number of aliphatic hydroxyl groups is 4. The topological polar surface area (TPSA) is 98.0 Å². The van der Waals surface area contributed by atoms with Crippen LogP contribution in [0, 0.1) is 5.92 Å². The van der Waals surface area contributed by atoms with Crippen LogP contribution in [0.25, 0.3) is 0 Å². The SMILES string of the molecule is O=C1CC([C@@H](O)CO)C(O)C1O. The standard InChI is InChI=1S/C7H12O5/c8-2-5(10)3-1-4(9)7(12)6(3)11/h3,5-8,10-12H,1-2H2/t3?,5-,6?,7?/m0/s1. The molecule has 12 heavy (non-hydrogen) atoms. The van der Waals surface area contributed by atoms with E-state index in [1.54, 1.807) is 0 Å². The number of rotatable bonds is 2. The maximum atomic E-state index is 10.8. The lowest BCUT2D eigenvalue weighted by molar-refractivity contribution is -0.126. The molecule has 1 rings (SSSR count). The zero-order chi connectivity index (χ0) is 9.30. The molecule has 0 aromatic carbocycles. The van der Waals surface area contributed by atoms with E-state index in [1.807, 2.05) is 0 Å². The zero-order valence-electron chi connectivity index (χ0n) is 6.42. The predicted molar refractivity (Wildman–Crippen MR) is 38.2 cm³/mol. The molecule has 0 saturated heterocycles. The van der Waals surface area contributed by atoms with Gasteiger partial charge >= 0.3 is 0 Å². The van der Waals surface area contributed by atoms with Crippen molar-refractivity contribution in [2.24, 2.45) is 5.92 Å². The summed E-state index contributed by atoms with van der Waals surface area (Å²) in [7, 11) is 0. The van der Waals surface area contributed by atoms with Gasteiger partial charge in [-0.15, -0.1) is 0 Å². The normalized spacial score (nSPS) is 38.7. The van der Waals surface area contributed by atoms with Gasteiger partial charge in [-0.1, -0.05) is 0 Å². The van der Waals surface area contributed by atoms with Gasteiger partial charge in [-0.05, 0) is 0 Å². The second-order valence-electron chi connectivity index (χ2n) is 3.02. The Morgan fingerprint density at radius 1 is 1.50 bits per heavy atom. The van der Waals surface area contributed by atoms with Gasteiger partial charge in [-0.3, -0.25) is 4.79 Å². The van der Waals surface area contributed by atoms with Gasteiger partial charge in [0.25, 0.3) is 0 Å². The summed E-state index contributed by atoms with van der Waals surface area (Å²) in [6.07, 6.45) is -3.87. The minimum absolute atomic E-state index is 0.0793. The molecule has 5 nitrogen and oxygen atoms in total. The van der Waals surface area contributed by atoms with Crippen molar-refractivity contribution in [1.29, 1.82) is 0 Å². The van der Waals surface area contributed by atoms with Crippen molar-refractivity contribution < 1.29 is 25.2 Å². The van der Waals surface area contributed by atoms with Crippen molar-refractivity contribution in [3.8, 4) is 0 Å². The van der Waals surface area contributed by atoms with Crippen LogP contribution in [0.2, 0.25) is 0 Å². The Balaban J connectivity index is 2.64. The predicted octanol–water partition coefficient (Wildman–Crippen LogP) is -2.35. The Hall–Kier alpha value is -0.490. The summed E-state index contributed by atoms with van der Waals surface area (Å²) in [5.74, 6) is -1.22. The summed E-state index contributed by atoms with van der Waals surface area (Å²) in [5, 5.41) is 35.8. The third kappa shape index (κ3) is 1.49. The summed E-state index contributed by atoms with van der Waals surface area (Å²) < 4.78 is 0. The fraction of sp³-hybridized carbons (Fsp3) is 0.857. The molecule has 5 heteroatoms. The summed E-state index contributed by atoms with van der Waals surface area (Å²) >= 11 is 0. The number of hydrogen-bond donors (Lipinski definition) is 4. The van der Waals surface area contributed by atoms with Crippen molar-refractivity contribution in [2.75, 3.05) is 6.61 Å². The lowest BCUT2D eigenvalue weighted by Gasteiger charge is -2.19. The minimum Gasteiger partial charge on any atom is -0.394 e. The van der Waals surface area contributed by atoms with Crippen LogP contribution in [0.1, 0.15) is 6.42 Å². The molecule has 70 valence electrons. The molecule has 0 heterocycles. The quantitative estimate of drug-likeness (QED) is 0.377. The van der Waals surface area contributed by atoms with E-state index in [2.05, 4.69) is 0 Å². The molecule has 1 fully saturated rings. The van der Waals surface area contributed by atoms with Crippen molar-refractivity contribution >= 4 is 5.78 Å². The van der Waals surface area contributed by atoms with Crippen molar-refractivity contribution in [2.45, 2.75) is 24.7 Å². The van der Waals surface area contributed by atoms with E-state index in [-0.39, 0.29) is 6.42 Å². The Morgan fingerprint density at radius 3 is 2.42 bits per heavy atom. The average molecular weight is 176 g/mol. The highest BCUT2D eigenvalue weighted by Crippen LogP contribution is 2.26. The molecule has 0 aliphatic heterocycles. The van der Waals surface area contributed by atoms with Crippen LogP contribution in [-0.2, 0) is 4.79 Å². The van der Waals surface area contributed by atoms with Crippen LogP contribution in [-0.4, -0.2) is 51.1 Å². The number of ketones is 1. The van der Waals surface area contributed by atoms with Crippen LogP contribution < -0.4 is 0 Å². The van der Waals surface area contributed by atoms with Gasteiger partial charge in [0.1, 0.15) is 6.10 Å². The van der Waals surface area contributed by atoms with Gasteiger partial charge < -0.3 is 20.4 Å². The Bertz CT molecular complexity index is 181. The van der Waals surface area contributed by atoms with E-state index in [1.165, 1.54) is 0 Å². The number of Topliss-reactive ketones (excluding diaryl/α,β-unsaturated/α-hetero) is 1. The molecule has 0 bridgehead atoms. The first-order valence-corrected chi connectivity index (χ1v) is 3.75. The van der Waals surface area contributed by atoms with Gasteiger partial charge in [-0.25, -0.2) is 0 Å². The average Bonchev–Trinajstić information content (AvgIpc) is 2.32. The Kier molecular flexibility index (Phi) is 2.79. The maximum absolute atomic E-state index is 10.8. The van der Waals surface area contributed by atoms with E-state index in [4.69, 9.17) is 15.3 Å². The molecule has 4 atom stereocenters. The molecule has 0 amide bonds. The van der Waals surface area contributed by atoms with Gasteiger partial charge in [0.15, 0.2) is 5.78 Å². The van der Waals surface area contributed by atoms with E-state index < -0.39 is 36.6 Å². The number of hydrogen-bond acceptors (Lipinski definition) is 5. The highest BCUT2D eigenvalue weighted by molar-refractivity contribution is 5.86. The number of aliphatic hydroxyl groups excluding tert-OH is 4. The van der Waals surface area contributed by atoms with E-state index in [0.29, 0.717) is 0 Å². The molecule has 3 unspecified atom stereocenters. The molecule has 0 aromatic rings. The monoisotopic (exact) mass is 176 g/mol. The Morgan fingerprint density at radius 2 is 2.08 bits per heavy atom. The third-order valence-electron chi connectivity index (χ3n) is 2.21. The molecule has 1 aliphatic rings. The van der Waals surface area contributed by atoms with Crippen molar-refractivity contribution in [3.05, 3.63) is 0 Å². The molecule has 0 radical (unpaired) electrons. The second kappa shape index (κ2) is 3.49. The highest BCUT2D eigenvalue weighted by Gasteiger charge is 2.43. The first kappa shape index (κ1) is 9.60. The summed E-state index contributed by atoms with van der Waals surface area (Å²) in [5.41, 5.74) is 0. The highest BCUT2D eigenvalue weighted by atomic mass is 16.3. The third-order valence-corrected chi connectivity index (χ3v) is 2.21. The Labute approximate surface area is 69.3 Å². The van der Waals surface area contributed by atoms with Gasteiger partial charge in [0.2, 0.25) is 0 Å². The molecule has 1 saturated carbocycles.